The summed E-state index contributed by atoms with van der Waals surface area (Å²) in [4.78, 5) is 17.2. The van der Waals surface area contributed by atoms with Crippen molar-refractivity contribution in [2.24, 2.45) is 0 Å². The van der Waals surface area contributed by atoms with Gasteiger partial charge in [-0.15, -0.1) is 11.6 Å². The van der Waals surface area contributed by atoms with E-state index >= 15 is 0 Å². The van der Waals surface area contributed by atoms with Crippen molar-refractivity contribution in [2.75, 3.05) is 12.5 Å². The molecule has 0 saturated carbocycles. The molecule has 0 bridgehead atoms. The number of carbonyl (C=O) groups excluding carboxylic acids is 1. The summed E-state index contributed by atoms with van der Waals surface area (Å²) in [6, 6.07) is 0. The summed E-state index contributed by atoms with van der Waals surface area (Å²) in [6.45, 7) is 0.209. The molecule has 1 heterocycles. The maximum absolute atomic E-state index is 10.9. The lowest BCUT2D eigenvalue weighted by atomic mass is 10.6. The highest BCUT2D eigenvalue weighted by atomic mass is 35.5. The topological polar surface area (TPSA) is 55.0 Å². The van der Waals surface area contributed by atoms with Crippen molar-refractivity contribution < 1.29 is 9.53 Å². The number of aromatic nitrogens is 2. The Morgan fingerprint density at radius 2 is 2.64 bits per heavy atom. The summed E-state index contributed by atoms with van der Waals surface area (Å²) in [5.74, 6) is 0.0256. The Bertz CT molecular complexity index is 222. The highest BCUT2D eigenvalue weighted by molar-refractivity contribution is 6.18. The van der Waals surface area contributed by atoms with Crippen LogP contribution in [0.3, 0.4) is 0 Å². The van der Waals surface area contributed by atoms with Crippen molar-refractivity contribution in [3.8, 4) is 0 Å². The minimum atomic E-state index is -0.476. The van der Waals surface area contributed by atoms with Gasteiger partial charge in [-0.3, -0.25) is 0 Å². The Hall–Kier alpha value is -1.03. The van der Waals surface area contributed by atoms with E-state index in [-0.39, 0.29) is 12.4 Å². The summed E-state index contributed by atoms with van der Waals surface area (Å²) in [5.41, 5.74) is 0. The van der Waals surface area contributed by atoms with Gasteiger partial charge >= 0.3 is 5.97 Å². The second-order valence-corrected chi connectivity index (χ2v) is 2.14. The number of rotatable bonds is 3. The molecule has 1 N–H and O–H groups in total. The fraction of sp³-hybridized carbons (Fsp3) is 0.333. The summed E-state index contributed by atoms with van der Waals surface area (Å²) in [6.07, 6.45) is 3.04. The van der Waals surface area contributed by atoms with Crippen LogP contribution in [0.2, 0.25) is 0 Å². The molecule has 0 radical (unpaired) electrons. The minimum absolute atomic E-state index is 0.204. The van der Waals surface area contributed by atoms with Crippen LogP contribution in [0.25, 0.3) is 0 Å². The van der Waals surface area contributed by atoms with Crippen molar-refractivity contribution in [1.29, 1.82) is 0 Å². The number of nitrogens with one attached hydrogen (secondary N) is 1. The molecule has 11 heavy (non-hydrogen) atoms. The van der Waals surface area contributed by atoms with Gasteiger partial charge in [-0.1, -0.05) is 0 Å². The quantitative estimate of drug-likeness (QED) is 0.545. The predicted octanol–water partition coefficient (Wildman–Crippen LogP) is 0.805. The molecule has 0 unspecified atom stereocenters. The Morgan fingerprint density at radius 3 is 3.18 bits per heavy atom. The summed E-state index contributed by atoms with van der Waals surface area (Å²) in [5, 5.41) is 0. The van der Waals surface area contributed by atoms with Gasteiger partial charge in [0.1, 0.15) is 6.61 Å². The number of ether oxygens (including phenoxy) is 1. The highest BCUT2D eigenvalue weighted by Crippen LogP contribution is 1.92. The van der Waals surface area contributed by atoms with E-state index in [4.69, 9.17) is 11.6 Å². The minimum Gasteiger partial charge on any atom is -0.459 e. The molecule has 1 aromatic heterocycles. The van der Waals surface area contributed by atoms with E-state index in [0.29, 0.717) is 5.88 Å². The molecule has 0 saturated heterocycles. The van der Waals surface area contributed by atoms with Crippen molar-refractivity contribution in [3.63, 3.8) is 0 Å². The second kappa shape index (κ2) is 3.98. The molecule has 0 aromatic carbocycles. The molecule has 0 atom stereocenters. The molecule has 0 aliphatic heterocycles. The van der Waals surface area contributed by atoms with Gasteiger partial charge < -0.3 is 9.72 Å². The maximum Gasteiger partial charge on any atom is 0.374 e. The molecule has 0 aliphatic rings. The molecule has 0 spiro atoms. The number of halogens is 1. The SMILES string of the molecule is O=C(OCCCl)c1ncc[nH]1. The smallest absolute Gasteiger partial charge is 0.374 e. The van der Waals surface area contributed by atoms with Gasteiger partial charge in [0.25, 0.3) is 0 Å². The van der Waals surface area contributed by atoms with Crippen molar-refractivity contribution >= 4 is 17.6 Å². The highest BCUT2D eigenvalue weighted by Gasteiger charge is 2.07. The van der Waals surface area contributed by atoms with E-state index in [1.54, 1.807) is 6.20 Å². The van der Waals surface area contributed by atoms with Gasteiger partial charge in [-0.05, 0) is 0 Å². The summed E-state index contributed by atoms with van der Waals surface area (Å²) < 4.78 is 4.67. The summed E-state index contributed by atoms with van der Waals surface area (Å²) in [7, 11) is 0. The van der Waals surface area contributed by atoms with E-state index in [9.17, 15) is 4.79 Å². The normalized spacial score (nSPS) is 9.55. The third kappa shape index (κ3) is 2.23. The fourth-order valence-corrected chi connectivity index (χ4v) is 0.654. The van der Waals surface area contributed by atoms with Gasteiger partial charge in [0.05, 0.1) is 5.88 Å². The van der Waals surface area contributed by atoms with Gasteiger partial charge in [0.15, 0.2) is 0 Å². The van der Waals surface area contributed by atoms with Crippen LogP contribution in [-0.2, 0) is 4.74 Å². The number of hydrogen-bond donors (Lipinski definition) is 1. The van der Waals surface area contributed by atoms with Crippen LogP contribution in [0.5, 0.6) is 0 Å². The Balaban J connectivity index is 2.43. The van der Waals surface area contributed by atoms with Crippen LogP contribution >= 0.6 is 11.6 Å². The number of imidazole rings is 1. The number of esters is 1. The van der Waals surface area contributed by atoms with E-state index in [1.807, 2.05) is 0 Å². The van der Waals surface area contributed by atoms with Gasteiger partial charge in [0, 0.05) is 12.4 Å². The van der Waals surface area contributed by atoms with Crippen molar-refractivity contribution in [1.82, 2.24) is 9.97 Å². The third-order valence-corrected chi connectivity index (χ3v) is 1.16. The Labute approximate surface area is 68.5 Å². The van der Waals surface area contributed by atoms with E-state index < -0.39 is 5.97 Å². The van der Waals surface area contributed by atoms with Crippen LogP contribution in [0.4, 0.5) is 0 Å². The average Bonchev–Trinajstić information content (AvgIpc) is 2.52. The molecule has 60 valence electrons. The fourth-order valence-electron chi connectivity index (χ4n) is 0.577. The maximum atomic E-state index is 10.9. The lowest BCUT2D eigenvalue weighted by Gasteiger charge is -1.97. The van der Waals surface area contributed by atoms with Crippen LogP contribution in [0.15, 0.2) is 12.4 Å². The first-order valence-corrected chi connectivity index (χ1v) is 3.60. The third-order valence-electron chi connectivity index (χ3n) is 1.00. The van der Waals surface area contributed by atoms with Gasteiger partial charge in [-0.25, -0.2) is 9.78 Å². The van der Waals surface area contributed by atoms with Crippen LogP contribution in [0.1, 0.15) is 10.6 Å². The second-order valence-electron chi connectivity index (χ2n) is 1.76. The van der Waals surface area contributed by atoms with Crippen molar-refractivity contribution in [3.05, 3.63) is 18.2 Å². The van der Waals surface area contributed by atoms with E-state index in [2.05, 4.69) is 14.7 Å². The largest absolute Gasteiger partial charge is 0.459 e. The average molecular weight is 175 g/mol. The molecular weight excluding hydrogens is 168 g/mol. The molecule has 4 nitrogen and oxygen atoms in total. The zero-order valence-corrected chi connectivity index (χ0v) is 6.47. The zero-order valence-electron chi connectivity index (χ0n) is 5.71. The zero-order chi connectivity index (χ0) is 8.10. The van der Waals surface area contributed by atoms with Gasteiger partial charge in [0.2, 0.25) is 5.82 Å². The first-order valence-electron chi connectivity index (χ1n) is 3.07. The van der Waals surface area contributed by atoms with Gasteiger partial charge in [-0.2, -0.15) is 0 Å². The number of alkyl halides is 1. The Morgan fingerprint density at radius 1 is 1.82 bits per heavy atom. The molecule has 1 rings (SSSR count). The molecule has 1 aromatic rings. The molecule has 5 heteroatoms. The lowest BCUT2D eigenvalue weighted by molar-refractivity contribution is 0.0516. The summed E-state index contributed by atoms with van der Waals surface area (Å²) >= 11 is 5.30. The van der Waals surface area contributed by atoms with Crippen LogP contribution in [-0.4, -0.2) is 28.4 Å². The van der Waals surface area contributed by atoms with Crippen molar-refractivity contribution in [2.45, 2.75) is 0 Å². The van der Waals surface area contributed by atoms with Crippen LogP contribution in [0, 0.1) is 0 Å². The Kier molecular flexibility index (Phi) is 2.92. The molecule has 0 aliphatic carbocycles. The number of H-pyrrole nitrogens is 1. The molecular formula is C6H7ClN2O2. The molecule has 0 amide bonds. The number of carbonyl (C=O) groups is 1. The monoisotopic (exact) mass is 174 g/mol. The number of nitrogens with zero attached hydrogens (tertiary/aromatic N) is 1. The standard InChI is InChI=1S/C6H7ClN2O2/c7-1-4-11-6(10)5-8-2-3-9-5/h2-3H,1,4H2,(H,8,9). The lowest BCUT2D eigenvalue weighted by Crippen LogP contribution is -2.08. The van der Waals surface area contributed by atoms with E-state index in [1.165, 1.54) is 6.20 Å². The first-order chi connectivity index (χ1) is 5.34. The number of hydrogen-bond acceptors (Lipinski definition) is 3. The number of aromatic amines is 1. The molecule has 0 fully saturated rings. The predicted molar refractivity (Wildman–Crippen MR) is 39.6 cm³/mol. The first kappa shape index (κ1) is 8.07. The van der Waals surface area contributed by atoms with E-state index in [0.717, 1.165) is 0 Å². The van der Waals surface area contributed by atoms with Crippen LogP contribution < -0.4 is 0 Å².